The zero-order valence-electron chi connectivity index (χ0n) is 8.27. The van der Waals surface area contributed by atoms with E-state index in [1.807, 2.05) is 6.07 Å². The summed E-state index contributed by atoms with van der Waals surface area (Å²) in [5, 5.41) is 8.84. The van der Waals surface area contributed by atoms with Gasteiger partial charge < -0.3 is 4.74 Å². The van der Waals surface area contributed by atoms with E-state index in [0.717, 1.165) is 0 Å². The van der Waals surface area contributed by atoms with E-state index in [9.17, 15) is 4.39 Å². The topological polar surface area (TPSA) is 33.0 Å². The van der Waals surface area contributed by atoms with E-state index in [2.05, 4.69) is 6.07 Å². The van der Waals surface area contributed by atoms with Crippen LogP contribution in [0.2, 0.25) is 0 Å². The summed E-state index contributed by atoms with van der Waals surface area (Å²) in [7, 11) is 0. The lowest BCUT2D eigenvalue weighted by atomic mass is 10.2. The molecule has 0 amide bonds. The van der Waals surface area contributed by atoms with E-state index < -0.39 is 0 Å². The zero-order chi connectivity index (χ0) is 11.4. The number of halogens is 1. The predicted molar refractivity (Wildman–Crippen MR) is 56.5 cm³/mol. The van der Waals surface area contributed by atoms with Crippen LogP contribution in [0.4, 0.5) is 4.39 Å². The Bertz CT molecular complexity index is 528. The van der Waals surface area contributed by atoms with E-state index in [-0.39, 0.29) is 5.82 Å². The first-order valence-electron chi connectivity index (χ1n) is 4.63. The van der Waals surface area contributed by atoms with Crippen molar-refractivity contribution >= 4 is 0 Å². The highest BCUT2D eigenvalue weighted by molar-refractivity contribution is 5.44. The number of hydrogen-bond donors (Lipinski definition) is 0. The van der Waals surface area contributed by atoms with Gasteiger partial charge in [-0.1, -0.05) is 6.07 Å². The smallest absolute Gasteiger partial charge is 0.145 e. The summed E-state index contributed by atoms with van der Waals surface area (Å²) in [6, 6.07) is 15.2. The molecule has 0 aliphatic rings. The summed E-state index contributed by atoms with van der Waals surface area (Å²) < 4.78 is 18.1. The average Bonchev–Trinajstić information content (AvgIpc) is 2.33. The second-order valence-electron chi connectivity index (χ2n) is 3.09. The molecule has 0 saturated carbocycles. The molecule has 2 aromatic rings. The Morgan fingerprint density at radius 1 is 1.19 bits per heavy atom. The maximum Gasteiger partial charge on any atom is 0.145 e. The van der Waals surface area contributed by atoms with Crippen molar-refractivity contribution in [3.8, 4) is 17.6 Å². The largest absolute Gasteiger partial charge is 0.456 e. The molecule has 0 aromatic heterocycles. The van der Waals surface area contributed by atoms with E-state index in [1.165, 1.54) is 24.3 Å². The third-order valence-corrected chi connectivity index (χ3v) is 1.99. The first kappa shape index (κ1) is 10.2. The minimum Gasteiger partial charge on any atom is -0.456 e. The molecule has 77 valence electrons. The Morgan fingerprint density at radius 3 is 2.62 bits per heavy atom. The van der Waals surface area contributed by atoms with Crippen molar-refractivity contribution < 1.29 is 9.13 Å². The van der Waals surface area contributed by atoms with E-state index in [1.54, 1.807) is 18.2 Å². The van der Waals surface area contributed by atoms with Crippen LogP contribution in [0.25, 0.3) is 0 Å². The maximum absolute atomic E-state index is 12.7. The Morgan fingerprint density at radius 2 is 1.94 bits per heavy atom. The van der Waals surface area contributed by atoms with Crippen molar-refractivity contribution in [2.24, 2.45) is 0 Å². The molecule has 0 N–H and O–H groups in total. The summed E-state index contributed by atoms with van der Waals surface area (Å²) >= 11 is 0. The molecule has 16 heavy (non-hydrogen) atoms. The van der Waals surface area contributed by atoms with Crippen LogP contribution >= 0.6 is 0 Å². The Labute approximate surface area is 92.5 Å². The zero-order valence-corrected chi connectivity index (χ0v) is 8.27. The second-order valence-corrected chi connectivity index (χ2v) is 3.09. The number of nitriles is 1. The van der Waals surface area contributed by atoms with Crippen LogP contribution in [0.3, 0.4) is 0 Å². The normalized spacial score (nSPS) is 9.50. The lowest BCUT2D eigenvalue weighted by Gasteiger charge is -2.06. The third-order valence-electron chi connectivity index (χ3n) is 1.99. The summed E-state index contributed by atoms with van der Waals surface area (Å²) in [5.41, 5.74) is 0.420. The highest BCUT2D eigenvalue weighted by Gasteiger charge is 2.03. The van der Waals surface area contributed by atoms with Gasteiger partial charge in [0.1, 0.15) is 23.4 Å². The van der Waals surface area contributed by atoms with Crippen molar-refractivity contribution in [3.63, 3.8) is 0 Å². The molecule has 3 heteroatoms. The fraction of sp³-hybridized carbons (Fsp3) is 0. The van der Waals surface area contributed by atoms with Crippen LogP contribution < -0.4 is 4.74 Å². The molecule has 0 atom stereocenters. The molecular formula is C13H7FNO. The molecule has 0 heterocycles. The monoisotopic (exact) mass is 212 g/mol. The summed E-state index contributed by atoms with van der Waals surface area (Å²) in [5.74, 6) is 0.571. The molecule has 0 bridgehead atoms. The number of benzene rings is 2. The lowest BCUT2D eigenvalue weighted by molar-refractivity contribution is 0.479. The fourth-order valence-electron chi connectivity index (χ4n) is 1.22. The Hall–Kier alpha value is -2.34. The van der Waals surface area contributed by atoms with Gasteiger partial charge in [0, 0.05) is 0 Å². The molecule has 2 rings (SSSR count). The van der Waals surface area contributed by atoms with Crippen LogP contribution in [0, 0.1) is 23.2 Å². The Kier molecular flexibility index (Phi) is 2.84. The summed E-state index contributed by atoms with van der Waals surface area (Å²) in [6.45, 7) is 0. The molecule has 0 aliphatic carbocycles. The molecule has 1 radical (unpaired) electrons. The number of ether oxygens (including phenoxy) is 1. The first-order chi connectivity index (χ1) is 7.79. The summed E-state index contributed by atoms with van der Waals surface area (Å²) in [4.78, 5) is 0. The van der Waals surface area contributed by atoms with Gasteiger partial charge >= 0.3 is 0 Å². The molecule has 0 saturated heterocycles. The van der Waals surface area contributed by atoms with Gasteiger partial charge in [-0.15, -0.1) is 0 Å². The van der Waals surface area contributed by atoms with Gasteiger partial charge in [0.05, 0.1) is 5.56 Å². The molecule has 0 aliphatic heterocycles. The van der Waals surface area contributed by atoms with Gasteiger partial charge in [0.2, 0.25) is 0 Å². The molecule has 0 fully saturated rings. The van der Waals surface area contributed by atoms with E-state index in [4.69, 9.17) is 10.00 Å². The molecule has 2 nitrogen and oxygen atoms in total. The van der Waals surface area contributed by atoms with Gasteiger partial charge in [-0.3, -0.25) is 0 Å². The third kappa shape index (κ3) is 2.18. The van der Waals surface area contributed by atoms with Gasteiger partial charge in [-0.25, -0.2) is 4.39 Å². The highest BCUT2D eigenvalue weighted by Crippen LogP contribution is 2.24. The van der Waals surface area contributed by atoms with E-state index >= 15 is 0 Å². The van der Waals surface area contributed by atoms with E-state index in [0.29, 0.717) is 17.1 Å². The molecule has 2 aromatic carbocycles. The van der Waals surface area contributed by atoms with Crippen molar-refractivity contribution in [2.75, 3.05) is 0 Å². The standard InChI is InChI=1S/C13H7FNO/c14-11-5-7-12(8-6-11)16-13-4-2-1-3-10(13)9-15/h1,3-8H. The molecule has 0 unspecified atom stereocenters. The van der Waals surface area contributed by atoms with Crippen molar-refractivity contribution in [1.29, 1.82) is 5.26 Å². The molecule has 0 spiro atoms. The minimum atomic E-state index is -0.326. The van der Waals surface area contributed by atoms with Crippen LogP contribution in [0.15, 0.2) is 42.5 Å². The Balaban J connectivity index is 2.27. The van der Waals surface area contributed by atoms with Crippen molar-refractivity contribution in [3.05, 3.63) is 59.9 Å². The fourth-order valence-corrected chi connectivity index (χ4v) is 1.22. The maximum atomic E-state index is 12.7. The van der Waals surface area contributed by atoms with Crippen LogP contribution in [0.1, 0.15) is 5.56 Å². The first-order valence-corrected chi connectivity index (χ1v) is 4.63. The van der Waals surface area contributed by atoms with Gasteiger partial charge in [-0.05, 0) is 42.5 Å². The number of rotatable bonds is 2. The van der Waals surface area contributed by atoms with Crippen molar-refractivity contribution in [1.82, 2.24) is 0 Å². The lowest BCUT2D eigenvalue weighted by Crippen LogP contribution is -1.87. The van der Waals surface area contributed by atoms with Crippen LogP contribution in [-0.4, -0.2) is 0 Å². The van der Waals surface area contributed by atoms with Crippen LogP contribution in [0.5, 0.6) is 11.5 Å². The average molecular weight is 212 g/mol. The SMILES string of the molecule is N#Cc1cc[c]cc1Oc1ccc(F)cc1. The van der Waals surface area contributed by atoms with Gasteiger partial charge in [0.15, 0.2) is 0 Å². The number of nitrogens with zero attached hydrogens (tertiary/aromatic N) is 1. The highest BCUT2D eigenvalue weighted by atomic mass is 19.1. The van der Waals surface area contributed by atoms with Gasteiger partial charge in [0.25, 0.3) is 0 Å². The second kappa shape index (κ2) is 4.45. The molecular weight excluding hydrogens is 205 g/mol. The summed E-state index contributed by atoms with van der Waals surface area (Å²) in [6.07, 6.45) is 0. The van der Waals surface area contributed by atoms with Crippen LogP contribution in [-0.2, 0) is 0 Å². The number of hydrogen-bond acceptors (Lipinski definition) is 2. The predicted octanol–water partition coefficient (Wildman–Crippen LogP) is 3.29. The quantitative estimate of drug-likeness (QED) is 0.765. The van der Waals surface area contributed by atoms with Gasteiger partial charge in [-0.2, -0.15) is 5.26 Å². The van der Waals surface area contributed by atoms with Crippen molar-refractivity contribution in [2.45, 2.75) is 0 Å². The minimum absolute atomic E-state index is 0.326.